The Bertz CT molecular complexity index is 747. The minimum atomic E-state index is -0.579. The van der Waals surface area contributed by atoms with Crippen molar-refractivity contribution in [3.63, 3.8) is 0 Å². The van der Waals surface area contributed by atoms with Crippen LogP contribution >= 0.6 is 11.3 Å². The molecule has 1 saturated heterocycles. The number of nitrogens with zero attached hydrogens (tertiary/aromatic N) is 1. The molecule has 2 aliphatic heterocycles. The number of hydrogen-bond acceptors (Lipinski definition) is 6. The highest BCUT2D eigenvalue weighted by molar-refractivity contribution is 7.10. The number of nitrogens with one attached hydrogen (secondary N) is 2. The molecule has 1 aromatic heterocycles. The molecule has 0 radical (unpaired) electrons. The Labute approximate surface area is 161 Å². The van der Waals surface area contributed by atoms with Crippen LogP contribution in [0.2, 0.25) is 0 Å². The van der Waals surface area contributed by atoms with Gasteiger partial charge in [-0.2, -0.15) is 0 Å². The first kappa shape index (κ1) is 19.4. The van der Waals surface area contributed by atoms with Crippen LogP contribution in [0.3, 0.4) is 0 Å². The van der Waals surface area contributed by atoms with Crippen molar-refractivity contribution in [2.24, 2.45) is 5.73 Å². The van der Waals surface area contributed by atoms with Gasteiger partial charge in [0.15, 0.2) is 0 Å². The normalized spacial score (nSPS) is 23.5. The number of likely N-dealkylation sites (tertiary alicyclic amines) is 1. The fraction of sp³-hybridized carbons (Fsp3) is 0.500. The molecule has 4 N–H and O–H groups in total. The molecule has 146 valence electrons. The summed E-state index contributed by atoms with van der Waals surface area (Å²) < 4.78 is 5.24. The zero-order valence-corrected chi connectivity index (χ0v) is 16.0. The molecule has 2 aliphatic rings. The average Bonchev–Trinajstić information content (AvgIpc) is 3.16. The Hall–Kier alpha value is -2.39. The molecule has 0 spiro atoms. The summed E-state index contributed by atoms with van der Waals surface area (Å²) in [4.78, 5) is 39.5. The molecule has 27 heavy (non-hydrogen) atoms. The van der Waals surface area contributed by atoms with E-state index in [1.165, 1.54) is 11.3 Å². The first-order valence-electron chi connectivity index (χ1n) is 9.05. The van der Waals surface area contributed by atoms with Crippen LogP contribution in [0.5, 0.6) is 0 Å². The van der Waals surface area contributed by atoms with E-state index in [1.54, 1.807) is 6.92 Å². The van der Waals surface area contributed by atoms with E-state index in [2.05, 4.69) is 10.6 Å². The Balaban J connectivity index is 1.97. The highest BCUT2D eigenvalue weighted by Gasteiger charge is 2.36. The van der Waals surface area contributed by atoms with Crippen LogP contribution in [0.4, 0.5) is 4.79 Å². The zero-order valence-electron chi connectivity index (χ0n) is 15.2. The van der Waals surface area contributed by atoms with Crippen LogP contribution in [-0.4, -0.2) is 48.5 Å². The van der Waals surface area contributed by atoms with E-state index in [1.807, 2.05) is 22.4 Å². The van der Waals surface area contributed by atoms with E-state index in [-0.39, 0.29) is 25.1 Å². The molecule has 2 atom stereocenters. The fourth-order valence-corrected chi connectivity index (χ4v) is 4.35. The second-order valence-electron chi connectivity index (χ2n) is 6.54. The van der Waals surface area contributed by atoms with Crippen molar-refractivity contribution < 1.29 is 19.1 Å². The fourth-order valence-electron chi connectivity index (χ4n) is 3.57. The minimum absolute atomic E-state index is 0.231. The summed E-state index contributed by atoms with van der Waals surface area (Å²) in [6.45, 7) is 2.91. The van der Waals surface area contributed by atoms with Gasteiger partial charge in [0.25, 0.3) is 0 Å². The van der Waals surface area contributed by atoms with E-state index in [0.717, 1.165) is 17.7 Å². The summed E-state index contributed by atoms with van der Waals surface area (Å²) in [5, 5.41) is 7.43. The van der Waals surface area contributed by atoms with Crippen molar-refractivity contribution in [2.45, 2.75) is 38.3 Å². The third-order valence-corrected chi connectivity index (χ3v) is 5.72. The van der Waals surface area contributed by atoms with Gasteiger partial charge in [-0.3, -0.25) is 9.69 Å². The van der Waals surface area contributed by atoms with Crippen molar-refractivity contribution >= 4 is 29.2 Å². The van der Waals surface area contributed by atoms with Gasteiger partial charge in [0.1, 0.15) is 0 Å². The lowest BCUT2D eigenvalue weighted by Gasteiger charge is -2.36. The minimum Gasteiger partial charge on any atom is -0.463 e. The Morgan fingerprint density at radius 2 is 2.22 bits per heavy atom. The number of primary amides is 1. The predicted molar refractivity (Wildman–Crippen MR) is 101 cm³/mol. The summed E-state index contributed by atoms with van der Waals surface area (Å²) in [6, 6.07) is 2.37. The van der Waals surface area contributed by atoms with Crippen molar-refractivity contribution in [2.75, 3.05) is 19.7 Å². The van der Waals surface area contributed by atoms with Crippen molar-refractivity contribution in [3.8, 4) is 0 Å². The molecule has 3 rings (SSSR count). The van der Waals surface area contributed by atoms with Gasteiger partial charge < -0.3 is 21.1 Å². The van der Waals surface area contributed by atoms with Gasteiger partial charge in [-0.15, -0.1) is 11.3 Å². The third kappa shape index (κ3) is 4.30. The van der Waals surface area contributed by atoms with Gasteiger partial charge in [-0.05, 0) is 37.8 Å². The molecule has 1 fully saturated rings. The number of hydrogen-bond donors (Lipinski definition) is 3. The van der Waals surface area contributed by atoms with E-state index in [9.17, 15) is 14.4 Å². The van der Waals surface area contributed by atoms with Crippen LogP contribution in [0.25, 0.3) is 0 Å². The number of thiophene rings is 1. The average molecular weight is 392 g/mol. The molecular formula is C18H24N4O4S. The Morgan fingerprint density at radius 3 is 2.89 bits per heavy atom. The lowest BCUT2D eigenvalue weighted by Crippen LogP contribution is -2.52. The number of carbonyl (C=O) groups is 3. The van der Waals surface area contributed by atoms with Gasteiger partial charge in [-0.1, -0.05) is 12.5 Å². The maximum atomic E-state index is 12.7. The second-order valence-corrected chi connectivity index (χ2v) is 7.52. The molecule has 0 aromatic carbocycles. The molecule has 9 heteroatoms. The quantitative estimate of drug-likeness (QED) is 0.631. The van der Waals surface area contributed by atoms with Crippen molar-refractivity contribution in [1.29, 1.82) is 0 Å². The van der Waals surface area contributed by atoms with Gasteiger partial charge in [0.05, 0.1) is 24.3 Å². The van der Waals surface area contributed by atoms with Crippen LogP contribution in [0.1, 0.15) is 37.1 Å². The van der Waals surface area contributed by atoms with Crippen molar-refractivity contribution in [3.05, 3.63) is 33.7 Å². The lowest BCUT2D eigenvalue weighted by molar-refractivity contribution is -0.139. The molecule has 2 unspecified atom stereocenters. The van der Waals surface area contributed by atoms with Crippen LogP contribution < -0.4 is 16.4 Å². The Morgan fingerprint density at radius 1 is 1.41 bits per heavy atom. The zero-order chi connectivity index (χ0) is 19.4. The van der Waals surface area contributed by atoms with Gasteiger partial charge >= 0.3 is 12.0 Å². The number of urea groups is 1. The first-order valence-corrected chi connectivity index (χ1v) is 9.93. The highest BCUT2D eigenvalue weighted by atomic mass is 32.1. The Kier molecular flexibility index (Phi) is 6.12. The molecule has 1 aromatic rings. The van der Waals surface area contributed by atoms with E-state index in [4.69, 9.17) is 10.5 Å². The lowest BCUT2D eigenvalue weighted by atomic mass is 9.98. The number of amides is 3. The second kappa shape index (κ2) is 8.53. The van der Waals surface area contributed by atoms with E-state index >= 15 is 0 Å². The van der Waals surface area contributed by atoms with Crippen LogP contribution in [-0.2, 0) is 14.3 Å². The maximum Gasteiger partial charge on any atom is 0.338 e. The monoisotopic (exact) mass is 392 g/mol. The maximum absolute atomic E-state index is 12.7. The summed E-state index contributed by atoms with van der Waals surface area (Å²) >= 11 is 1.45. The number of piperidine rings is 1. The SMILES string of the molecule is CCOC(=O)C1=C(CN2CCCCC2C(N)=O)NC(=O)NC1c1cccs1. The topological polar surface area (TPSA) is 114 Å². The number of esters is 1. The summed E-state index contributed by atoms with van der Waals surface area (Å²) in [6.07, 6.45) is 2.55. The first-order chi connectivity index (χ1) is 13.0. The van der Waals surface area contributed by atoms with Crippen molar-refractivity contribution in [1.82, 2.24) is 15.5 Å². The van der Waals surface area contributed by atoms with Gasteiger partial charge in [-0.25, -0.2) is 9.59 Å². The molecule has 0 aliphatic carbocycles. The summed E-state index contributed by atoms with van der Waals surface area (Å²) in [5.74, 6) is -0.867. The molecule has 0 bridgehead atoms. The van der Waals surface area contributed by atoms with E-state index in [0.29, 0.717) is 24.2 Å². The predicted octanol–water partition coefficient (Wildman–Crippen LogP) is 1.26. The summed E-state index contributed by atoms with van der Waals surface area (Å²) in [7, 11) is 0. The standard InChI is InChI=1S/C18H24N4O4S/c1-2-26-17(24)14-11(10-22-8-4-3-6-12(22)16(19)23)20-18(25)21-15(14)13-7-5-9-27-13/h5,7,9,12,15H,2-4,6,8,10H2,1H3,(H2,19,23)(H2,20,21,25). The highest BCUT2D eigenvalue weighted by Crippen LogP contribution is 2.31. The smallest absolute Gasteiger partial charge is 0.338 e. The van der Waals surface area contributed by atoms with Crippen LogP contribution in [0.15, 0.2) is 28.8 Å². The molecule has 0 saturated carbocycles. The third-order valence-electron chi connectivity index (χ3n) is 4.78. The molecular weight excluding hydrogens is 368 g/mol. The molecule has 8 nitrogen and oxygen atoms in total. The van der Waals surface area contributed by atoms with Crippen LogP contribution in [0, 0.1) is 0 Å². The number of rotatable bonds is 6. The number of carbonyl (C=O) groups excluding carboxylic acids is 3. The molecule has 3 amide bonds. The van der Waals surface area contributed by atoms with E-state index < -0.39 is 18.1 Å². The number of ether oxygens (including phenoxy) is 1. The van der Waals surface area contributed by atoms with Gasteiger partial charge in [0.2, 0.25) is 5.91 Å². The largest absolute Gasteiger partial charge is 0.463 e. The molecule has 3 heterocycles. The summed E-state index contributed by atoms with van der Waals surface area (Å²) in [5.41, 5.74) is 6.38. The van der Waals surface area contributed by atoms with Gasteiger partial charge in [0, 0.05) is 17.1 Å². The number of nitrogens with two attached hydrogens (primary N) is 1.